The quantitative estimate of drug-likeness (QED) is 0.470. The fourth-order valence-electron chi connectivity index (χ4n) is 4.13. The first-order valence-corrected chi connectivity index (χ1v) is 12.3. The van der Waals surface area contributed by atoms with Crippen LogP contribution in [0.1, 0.15) is 71.9 Å². The molecule has 2 aromatic carbocycles. The van der Waals surface area contributed by atoms with Gasteiger partial charge in [-0.25, -0.2) is 4.98 Å². The molecular weight excluding hydrogens is 434 g/mol. The summed E-state index contributed by atoms with van der Waals surface area (Å²) in [6.07, 6.45) is 6.08. The molecule has 1 fully saturated rings. The van der Waals surface area contributed by atoms with Crippen molar-refractivity contribution in [2.75, 3.05) is 6.61 Å². The van der Waals surface area contributed by atoms with Crippen LogP contribution in [0.2, 0.25) is 0 Å². The molecule has 2 N–H and O–H groups in total. The molecule has 6 nitrogen and oxygen atoms in total. The van der Waals surface area contributed by atoms with Gasteiger partial charge in [-0.1, -0.05) is 31.0 Å². The molecule has 1 aliphatic rings. The van der Waals surface area contributed by atoms with Crippen LogP contribution in [-0.4, -0.2) is 29.4 Å². The number of carbonyl (C=O) groups excluding carboxylic acids is 2. The topological polar surface area (TPSA) is 80.3 Å². The lowest BCUT2D eigenvalue weighted by molar-refractivity contribution is 0.0936. The van der Waals surface area contributed by atoms with E-state index >= 15 is 0 Å². The van der Waals surface area contributed by atoms with E-state index in [-0.39, 0.29) is 23.9 Å². The molecule has 1 saturated carbocycles. The maximum atomic E-state index is 13.2. The number of benzene rings is 2. The first-order valence-electron chi connectivity index (χ1n) is 11.4. The van der Waals surface area contributed by atoms with E-state index in [1.165, 1.54) is 0 Å². The Balaban J connectivity index is 1.52. The molecule has 7 heteroatoms. The smallest absolute Gasteiger partial charge is 0.255 e. The fraction of sp³-hybridized carbons (Fsp3) is 0.346. The zero-order chi connectivity index (χ0) is 23.2. The van der Waals surface area contributed by atoms with E-state index in [0.29, 0.717) is 23.5 Å². The largest absolute Gasteiger partial charge is 0.493 e. The van der Waals surface area contributed by atoms with Gasteiger partial charge in [0.25, 0.3) is 11.8 Å². The monoisotopic (exact) mass is 463 g/mol. The van der Waals surface area contributed by atoms with Crippen molar-refractivity contribution in [2.45, 2.75) is 51.6 Å². The highest BCUT2D eigenvalue weighted by atomic mass is 32.1. The number of thiazole rings is 1. The minimum Gasteiger partial charge on any atom is -0.493 e. The summed E-state index contributed by atoms with van der Waals surface area (Å²) < 4.78 is 5.68. The highest BCUT2D eigenvalue weighted by molar-refractivity contribution is 7.13. The van der Waals surface area contributed by atoms with Crippen LogP contribution < -0.4 is 15.4 Å². The maximum absolute atomic E-state index is 13.2. The van der Waals surface area contributed by atoms with Gasteiger partial charge in [0.05, 0.1) is 18.2 Å². The lowest BCUT2D eigenvalue weighted by Gasteiger charge is -2.18. The molecule has 0 radical (unpaired) electrons. The van der Waals surface area contributed by atoms with E-state index in [9.17, 15) is 9.59 Å². The first-order chi connectivity index (χ1) is 16.0. The summed E-state index contributed by atoms with van der Waals surface area (Å²) in [5.41, 5.74) is 2.82. The highest BCUT2D eigenvalue weighted by Crippen LogP contribution is 2.26. The SMILES string of the molecule is CCOc1ccc(C(=O)NC2CCCC2)cc1C(=O)NC(C)c1cccc(-c2nccs2)c1. The van der Waals surface area contributed by atoms with Crippen LogP contribution in [0.25, 0.3) is 10.6 Å². The van der Waals surface area contributed by atoms with Gasteiger partial charge in [0.1, 0.15) is 10.8 Å². The number of aromatic nitrogens is 1. The minimum atomic E-state index is -0.277. The molecule has 33 heavy (non-hydrogen) atoms. The maximum Gasteiger partial charge on any atom is 0.255 e. The number of ether oxygens (including phenoxy) is 1. The number of hydrogen-bond donors (Lipinski definition) is 2. The van der Waals surface area contributed by atoms with Gasteiger partial charge in [0.2, 0.25) is 0 Å². The number of hydrogen-bond acceptors (Lipinski definition) is 5. The molecule has 1 atom stereocenters. The predicted octanol–water partition coefficient (Wildman–Crippen LogP) is 5.37. The lowest BCUT2D eigenvalue weighted by atomic mass is 10.0. The van der Waals surface area contributed by atoms with Gasteiger partial charge in [0.15, 0.2) is 0 Å². The van der Waals surface area contributed by atoms with Crippen LogP contribution >= 0.6 is 11.3 Å². The van der Waals surface area contributed by atoms with Crippen molar-refractivity contribution in [1.82, 2.24) is 15.6 Å². The Morgan fingerprint density at radius 2 is 1.97 bits per heavy atom. The molecule has 1 aromatic heterocycles. The second kappa shape index (κ2) is 10.6. The van der Waals surface area contributed by atoms with Crippen molar-refractivity contribution in [3.05, 3.63) is 70.7 Å². The third-order valence-electron chi connectivity index (χ3n) is 5.89. The highest BCUT2D eigenvalue weighted by Gasteiger charge is 2.21. The molecule has 0 spiro atoms. The van der Waals surface area contributed by atoms with Crippen LogP contribution in [-0.2, 0) is 0 Å². The second-order valence-corrected chi connectivity index (χ2v) is 9.15. The van der Waals surface area contributed by atoms with Crippen molar-refractivity contribution in [1.29, 1.82) is 0 Å². The number of rotatable bonds is 8. The molecule has 0 bridgehead atoms. The van der Waals surface area contributed by atoms with Gasteiger partial charge >= 0.3 is 0 Å². The normalized spacial score (nSPS) is 14.6. The Morgan fingerprint density at radius 1 is 1.15 bits per heavy atom. The molecule has 4 rings (SSSR count). The van der Waals surface area contributed by atoms with E-state index in [0.717, 1.165) is 41.8 Å². The average Bonchev–Trinajstić information content (AvgIpc) is 3.54. The van der Waals surface area contributed by atoms with Crippen molar-refractivity contribution in [3.63, 3.8) is 0 Å². The molecule has 0 aliphatic heterocycles. The van der Waals surface area contributed by atoms with Crippen LogP contribution in [0.4, 0.5) is 0 Å². The van der Waals surface area contributed by atoms with E-state index in [4.69, 9.17) is 4.74 Å². The summed E-state index contributed by atoms with van der Waals surface area (Å²) in [5, 5.41) is 9.02. The zero-order valence-corrected chi connectivity index (χ0v) is 19.8. The Kier molecular flexibility index (Phi) is 7.40. The average molecular weight is 464 g/mol. The number of nitrogens with zero attached hydrogens (tertiary/aromatic N) is 1. The van der Waals surface area contributed by atoms with Gasteiger partial charge in [-0.2, -0.15) is 0 Å². The van der Waals surface area contributed by atoms with Crippen molar-refractivity contribution >= 4 is 23.2 Å². The Morgan fingerprint density at radius 3 is 2.70 bits per heavy atom. The summed E-state index contributed by atoms with van der Waals surface area (Å²) >= 11 is 1.58. The Hall–Kier alpha value is -3.19. The Labute approximate surface area is 198 Å². The van der Waals surface area contributed by atoms with Gasteiger partial charge in [-0.3, -0.25) is 9.59 Å². The van der Waals surface area contributed by atoms with Gasteiger partial charge in [0, 0.05) is 28.7 Å². The van der Waals surface area contributed by atoms with Crippen molar-refractivity contribution < 1.29 is 14.3 Å². The van der Waals surface area contributed by atoms with Gasteiger partial charge in [-0.15, -0.1) is 11.3 Å². The van der Waals surface area contributed by atoms with Crippen molar-refractivity contribution in [3.8, 4) is 16.3 Å². The zero-order valence-electron chi connectivity index (χ0n) is 19.0. The van der Waals surface area contributed by atoms with E-state index < -0.39 is 0 Å². The number of nitrogens with one attached hydrogen (secondary N) is 2. The number of amides is 2. The molecule has 2 amide bonds. The minimum absolute atomic E-state index is 0.150. The van der Waals surface area contributed by atoms with Gasteiger partial charge in [-0.05, 0) is 56.5 Å². The summed E-state index contributed by atoms with van der Waals surface area (Å²) in [5.74, 6) is 0.0421. The van der Waals surface area contributed by atoms with E-state index in [1.54, 1.807) is 35.7 Å². The fourth-order valence-corrected chi connectivity index (χ4v) is 4.77. The summed E-state index contributed by atoms with van der Waals surface area (Å²) in [6, 6.07) is 13.0. The predicted molar refractivity (Wildman–Crippen MR) is 131 cm³/mol. The molecule has 1 unspecified atom stereocenters. The molecule has 172 valence electrons. The molecule has 1 aliphatic carbocycles. The summed E-state index contributed by atoms with van der Waals surface area (Å²) in [4.78, 5) is 30.3. The van der Waals surface area contributed by atoms with Crippen LogP contribution in [0.15, 0.2) is 54.0 Å². The van der Waals surface area contributed by atoms with E-state index in [2.05, 4.69) is 15.6 Å². The van der Waals surface area contributed by atoms with E-state index in [1.807, 2.05) is 43.5 Å². The summed E-state index contributed by atoms with van der Waals surface area (Å²) in [7, 11) is 0. The standard InChI is InChI=1S/C26H29N3O3S/c1-3-32-23-12-11-19(24(30)29-21-9-4-5-10-21)16-22(23)25(31)28-17(2)18-7-6-8-20(15-18)26-27-13-14-33-26/h6-8,11-17,21H,3-5,9-10H2,1-2H3,(H,28,31)(H,29,30). The second-order valence-electron chi connectivity index (χ2n) is 8.26. The van der Waals surface area contributed by atoms with Crippen molar-refractivity contribution in [2.24, 2.45) is 0 Å². The first kappa shape index (κ1) is 23.0. The summed E-state index contributed by atoms with van der Waals surface area (Å²) in [6.45, 7) is 4.24. The third-order valence-corrected chi connectivity index (χ3v) is 6.71. The Bertz CT molecular complexity index is 1110. The van der Waals surface area contributed by atoms with Crippen LogP contribution in [0.5, 0.6) is 5.75 Å². The molecule has 0 saturated heterocycles. The molecular formula is C26H29N3O3S. The lowest BCUT2D eigenvalue weighted by Crippen LogP contribution is -2.33. The van der Waals surface area contributed by atoms with Crippen LogP contribution in [0, 0.1) is 0 Å². The number of carbonyl (C=O) groups is 2. The molecule has 3 aromatic rings. The van der Waals surface area contributed by atoms with Gasteiger partial charge < -0.3 is 15.4 Å². The van der Waals surface area contributed by atoms with Crippen LogP contribution in [0.3, 0.4) is 0 Å². The molecule has 1 heterocycles. The third kappa shape index (κ3) is 5.60.